The van der Waals surface area contributed by atoms with Gasteiger partial charge in [0.2, 0.25) is 5.91 Å². The number of tetrazole rings is 1. The molecule has 1 amide bonds. The highest BCUT2D eigenvalue weighted by Crippen LogP contribution is 2.18. The van der Waals surface area contributed by atoms with E-state index in [1.54, 1.807) is 43.2 Å². The Morgan fingerprint density at radius 1 is 1.41 bits per heavy atom. The summed E-state index contributed by atoms with van der Waals surface area (Å²) in [6.45, 7) is 2.79. The molecule has 0 bridgehead atoms. The van der Waals surface area contributed by atoms with Crippen LogP contribution in [-0.4, -0.2) is 49.6 Å². The number of halogens is 1. The number of carbonyl (C=O) groups excluding carboxylic acids is 1. The van der Waals surface area contributed by atoms with Gasteiger partial charge in [-0.15, -0.1) is 5.10 Å². The van der Waals surface area contributed by atoms with Gasteiger partial charge < -0.3 is 10.1 Å². The molecule has 0 saturated heterocycles. The maximum Gasteiger partial charge on any atom is 0.249 e. The summed E-state index contributed by atoms with van der Waals surface area (Å²) in [6, 6.07) is 5.37. The van der Waals surface area contributed by atoms with Crippen LogP contribution in [0.2, 0.25) is 0 Å². The van der Waals surface area contributed by atoms with Gasteiger partial charge in [0.25, 0.3) is 0 Å². The van der Waals surface area contributed by atoms with E-state index in [1.807, 2.05) is 0 Å². The molecule has 3 aromatic rings. The number of amides is 1. The molecule has 2 heterocycles. The smallest absolute Gasteiger partial charge is 0.249 e. The van der Waals surface area contributed by atoms with Crippen LogP contribution >= 0.6 is 0 Å². The molecule has 0 aliphatic rings. The second-order valence-corrected chi connectivity index (χ2v) is 5.99. The Balaban J connectivity index is 1.78. The minimum absolute atomic E-state index is 0.243. The molecule has 0 spiro atoms. The van der Waals surface area contributed by atoms with Crippen molar-refractivity contribution in [3.05, 3.63) is 53.9 Å². The van der Waals surface area contributed by atoms with Crippen molar-refractivity contribution in [2.45, 2.75) is 25.9 Å². The molecule has 27 heavy (non-hydrogen) atoms. The number of carbonyl (C=O) groups is 1. The molecule has 3 rings (SSSR count). The summed E-state index contributed by atoms with van der Waals surface area (Å²) in [6.07, 6.45) is 3.51. The van der Waals surface area contributed by atoms with E-state index in [9.17, 15) is 9.18 Å². The van der Waals surface area contributed by atoms with Gasteiger partial charge in [0.1, 0.15) is 17.7 Å². The van der Waals surface area contributed by atoms with Gasteiger partial charge >= 0.3 is 0 Å². The number of nitrogens with one attached hydrogen (secondary N) is 1. The average molecular weight is 373 g/mol. The van der Waals surface area contributed by atoms with Crippen molar-refractivity contribution in [1.29, 1.82) is 0 Å². The van der Waals surface area contributed by atoms with Gasteiger partial charge in [0, 0.05) is 19.7 Å². The van der Waals surface area contributed by atoms with Gasteiger partial charge in [-0.3, -0.25) is 9.48 Å². The van der Waals surface area contributed by atoms with Gasteiger partial charge in [-0.2, -0.15) is 5.10 Å². The normalized spacial score (nSPS) is 12.1. The molecule has 1 unspecified atom stereocenters. The lowest BCUT2D eigenvalue weighted by atomic mass is 10.0. The van der Waals surface area contributed by atoms with Crippen LogP contribution in [0.3, 0.4) is 0 Å². The maximum atomic E-state index is 13.5. The molecule has 0 fully saturated rings. The summed E-state index contributed by atoms with van der Waals surface area (Å²) in [7, 11) is 1.61. The summed E-state index contributed by atoms with van der Waals surface area (Å²) in [5.41, 5.74) is 1.21. The molecular formula is C17H20FN7O2. The van der Waals surface area contributed by atoms with Gasteiger partial charge in [-0.1, -0.05) is 12.1 Å². The molecule has 1 atom stereocenters. The Morgan fingerprint density at radius 3 is 2.96 bits per heavy atom. The van der Waals surface area contributed by atoms with E-state index in [1.165, 1.54) is 16.8 Å². The fourth-order valence-corrected chi connectivity index (χ4v) is 2.66. The van der Waals surface area contributed by atoms with Crippen molar-refractivity contribution >= 4 is 11.6 Å². The second kappa shape index (κ2) is 8.49. The molecule has 10 heteroatoms. The van der Waals surface area contributed by atoms with Gasteiger partial charge in [0.15, 0.2) is 0 Å². The molecule has 0 aliphatic heterocycles. The van der Waals surface area contributed by atoms with Crippen molar-refractivity contribution in [2.24, 2.45) is 0 Å². The van der Waals surface area contributed by atoms with E-state index < -0.39 is 6.04 Å². The summed E-state index contributed by atoms with van der Waals surface area (Å²) in [5, 5.41) is 18.3. The number of hydrogen-bond donors (Lipinski definition) is 1. The van der Waals surface area contributed by atoms with Crippen molar-refractivity contribution in [1.82, 2.24) is 30.0 Å². The number of anilines is 1. The zero-order valence-corrected chi connectivity index (χ0v) is 15.0. The lowest BCUT2D eigenvalue weighted by Gasteiger charge is -2.17. The van der Waals surface area contributed by atoms with Crippen LogP contribution in [0, 0.1) is 12.7 Å². The Hall–Kier alpha value is -3.14. The number of methoxy groups -OCH3 is 1. The van der Waals surface area contributed by atoms with Crippen LogP contribution < -0.4 is 5.32 Å². The van der Waals surface area contributed by atoms with Crippen LogP contribution in [0.1, 0.15) is 17.4 Å². The third-order valence-corrected chi connectivity index (χ3v) is 4.00. The van der Waals surface area contributed by atoms with Crippen molar-refractivity contribution < 1.29 is 13.9 Å². The molecule has 0 radical (unpaired) electrons. The van der Waals surface area contributed by atoms with E-state index >= 15 is 0 Å². The quantitative estimate of drug-likeness (QED) is 0.640. The first-order valence-corrected chi connectivity index (χ1v) is 8.38. The number of hydrogen-bond acceptors (Lipinski definition) is 6. The van der Waals surface area contributed by atoms with Crippen molar-refractivity contribution in [3.63, 3.8) is 0 Å². The van der Waals surface area contributed by atoms with Gasteiger partial charge in [0.05, 0.1) is 25.0 Å². The van der Waals surface area contributed by atoms with E-state index in [0.717, 1.165) is 0 Å². The van der Waals surface area contributed by atoms with E-state index in [2.05, 4.69) is 25.9 Å². The summed E-state index contributed by atoms with van der Waals surface area (Å²) >= 11 is 0. The van der Waals surface area contributed by atoms with Crippen LogP contribution in [0.25, 0.3) is 0 Å². The first-order valence-electron chi connectivity index (χ1n) is 8.38. The van der Waals surface area contributed by atoms with Crippen LogP contribution in [0.5, 0.6) is 0 Å². The summed E-state index contributed by atoms with van der Waals surface area (Å²) < 4.78 is 21.6. The predicted octanol–water partition coefficient (Wildman–Crippen LogP) is 1.39. The zero-order valence-electron chi connectivity index (χ0n) is 15.0. The molecule has 0 aliphatic carbocycles. The first-order chi connectivity index (χ1) is 13.1. The number of ether oxygens (including phenoxy) is 1. The van der Waals surface area contributed by atoms with Gasteiger partial charge in [-0.25, -0.2) is 9.07 Å². The standard InChI is InChI=1S/C17H20FN7O2/c1-12-21-22-23-25(12)16(9-13-4-3-5-14(18)8-13)17(26)20-15-10-19-24(11-15)6-7-27-2/h3-5,8,10-11,16H,6-7,9H2,1-2H3,(H,20,26). The van der Waals surface area contributed by atoms with Crippen LogP contribution in [0.15, 0.2) is 36.7 Å². The largest absolute Gasteiger partial charge is 0.383 e. The zero-order chi connectivity index (χ0) is 19.2. The average Bonchev–Trinajstić information content (AvgIpc) is 3.27. The van der Waals surface area contributed by atoms with Crippen molar-refractivity contribution in [3.8, 4) is 0 Å². The molecule has 0 saturated carbocycles. The fourth-order valence-electron chi connectivity index (χ4n) is 2.66. The topological polar surface area (TPSA) is 99.8 Å². The number of nitrogens with zero attached hydrogens (tertiary/aromatic N) is 6. The summed E-state index contributed by atoms with van der Waals surface area (Å²) in [4.78, 5) is 12.9. The maximum absolute atomic E-state index is 13.5. The molecule has 1 N–H and O–H groups in total. The second-order valence-electron chi connectivity index (χ2n) is 5.99. The fraction of sp³-hybridized carbons (Fsp3) is 0.353. The SMILES string of the molecule is COCCn1cc(NC(=O)C(Cc2cccc(F)c2)n2nnnc2C)cn1. The van der Waals surface area contributed by atoms with Crippen molar-refractivity contribution in [2.75, 3.05) is 19.0 Å². The predicted molar refractivity (Wildman–Crippen MR) is 94.4 cm³/mol. The highest BCUT2D eigenvalue weighted by atomic mass is 19.1. The van der Waals surface area contributed by atoms with Crippen LogP contribution in [-0.2, 0) is 22.5 Å². The third-order valence-electron chi connectivity index (χ3n) is 4.00. The minimum atomic E-state index is -0.732. The summed E-state index contributed by atoms with van der Waals surface area (Å²) in [5.74, 6) is -0.192. The molecule has 9 nitrogen and oxygen atoms in total. The monoisotopic (exact) mass is 373 g/mol. The van der Waals surface area contributed by atoms with Gasteiger partial charge in [-0.05, 0) is 35.0 Å². The minimum Gasteiger partial charge on any atom is -0.383 e. The molecule has 142 valence electrons. The Morgan fingerprint density at radius 2 is 2.26 bits per heavy atom. The van der Waals surface area contributed by atoms with Crippen LogP contribution in [0.4, 0.5) is 10.1 Å². The van der Waals surface area contributed by atoms with E-state index in [-0.39, 0.29) is 18.1 Å². The molecule has 1 aromatic carbocycles. The lowest BCUT2D eigenvalue weighted by Crippen LogP contribution is -2.29. The Labute approximate surface area is 155 Å². The molecular weight excluding hydrogens is 353 g/mol. The number of aromatic nitrogens is 6. The third kappa shape index (κ3) is 4.73. The number of aryl methyl sites for hydroxylation is 1. The Kier molecular flexibility index (Phi) is 5.87. The lowest BCUT2D eigenvalue weighted by molar-refractivity contribution is -0.119. The first kappa shape index (κ1) is 18.6. The Bertz CT molecular complexity index is 908. The van der Waals surface area contributed by atoms with E-state index in [4.69, 9.17) is 4.74 Å². The highest BCUT2D eigenvalue weighted by molar-refractivity contribution is 5.93. The van der Waals surface area contributed by atoms with E-state index in [0.29, 0.717) is 30.2 Å². The molecule has 2 aromatic heterocycles. The highest BCUT2D eigenvalue weighted by Gasteiger charge is 2.25. The number of benzene rings is 1. The number of rotatable bonds is 8.